The lowest BCUT2D eigenvalue weighted by Gasteiger charge is -2.10. The molecule has 0 spiro atoms. The van der Waals surface area contributed by atoms with E-state index >= 15 is 0 Å². The van der Waals surface area contributed by atoms with Crippen molar-refractivity contribution >= 4 is 5.82 Å². The molecule has 2 rings (SSSR count). The minimum Gasteiger partial charge on any atom is -0.478 e. The van der Waals surface area contributed by atoms with Crippen molar-refractivity contribution in [3.63, 3.8) is 0 Å². The van der Waals surface area contributed by atoms with Gasteiger partial charge in [-0.1, -0.05) is 0 Å². The second kappa shape index (κ2) is 6.39. The van der Waals surface area contributed by atoms with Gasteiger partial charge in [0, 0.05) is 19.2 Å². The van der Waals surface area contributed by atoms with E-state index in [0.717, 1.165) is 25.4 Å². The molecule has 1 aliphatic heterocycles. The lowest BCUT2D eigenvalue weighted by atomic mass is 10.2. The fraction of sp³-hybridized carbons (Fsp3) is 0.667. The highest BCUT2D eigenvalue weighted by molar-refractivity contribution is 5.36. The topological polar surface area (TPSA) is 56.3 Å². The maximum absolute atomic E-state index is 5.56. The van der Waals surface area contributed by atoms with Gasteiger partial charge in [-0.05, 0) is 26.2 Å². The summed E-state index contributed by atoms with van der Waals surface area (Å²) in [5, 5.41) is 3.26. The highest BCUT2D eigenvalue weighted by atomic mass is 16.5. The van der Waals surface area contributed by atoms with Crippen LogP contribution in [0.4, 0.5) is 5.82 Å². The molecule has 1 N–H and O–H groups in total. The Kier molecular flexibility index (Phi) is 4.55. The molecule has 1 aromatic rings. The van der Waals surface area contributed by atoms with Crippen molar-refractivity contribution in [3.05, 3.63) is 12.4 Å². The van der Waals surface area contributed by atoms with Gasteiger partial charge in [-0.15, -0.1) is 0 Å². The number of nitrogens with one attached hydrogen (secondary N) is 1. The van der Waals surface area contributed by atoms with E-state index in [4.69, 9.17) is 9.47 Å². The van der Waals surface area contributed by atoms with Crippen LogP contribution in [-0.2, 0) is 4.74 Å². The maximum Gasteiger partial charge on any atom is 0.218 e. The van der Waals surface area contributed by atoms with Crippen molar-refractivity contribution in [2.45, 2.75) is 32.3 Å². The zero-order valence-corrected chi connectivity index (χ0v) is 10.2. The summed E-state index contributed by atoms with van der Waals surface area (Å²) in [4.78, 5) is 8.16. The summed E-state index contributed by atoms with van der Waals surface area (Å²) >= 11 is 0. The lowest BCUT2D eigenvalue weighted by Crippen LogP contribution is -2.13. The van der Waals surface area contributed by atoms with Crippen LogP contribution in [0.5, 0.6) is 5.88 Å². The summed E-state index contributed by atoms with van der Waals surface area (Å²) < 4.78 is 10.9. The SMILES string of the molecule is CCOc1cc(NCCC2CCCO2)ncn1. The van der Waals surface area contributed by atoms with Crippen LogP contribution in [0.25, 0.3) is 0 Å². The van der Waals surface area contributed by atoms with Crippen LogP contribution >= 0.6 is 0 Å². The molecule has 1 unspecified atom stereocenters. The summed E-state index contributed by atoms with van der Waals surface area (Å²) in [6.45, 7) is 4.33. The third kappa shape index (κ3) is 3.85. The number of anilines is 1. The summed E-state index contributed by atoms with van der Waals surface area (Å²) in [5.41, 5.74) is 0. The van der Waals surface area contributed by atoms with Crippen LogP contribution in [0.2, 0.25) is 0 Å². The number of rotatable bonds is 6. The van der Waals surface area contributed by atoms with Crippen LogP contribution in [-0.4, -0.2) is 35.8 Å². The molecule has 0 saturated carbocycles. The molecule has 0 radical (unpaired) electrons. The smallest absolute Gasteiger partial charge is 0.218 e. The van der Waals surface area contributed by atoms with Crippen molar-refractivity contribution in [1.82, 2.24) is 9.97 Å². The molecule has 0 bridgehead atoms. The van der Waals surface area contributed by atoms with E-state index in [9.17, 15) is 0 Å². The fourth-order valence-corrected chi connectivity index (χ4v) is 1.90. The average Bonchev–Trinajstić information content (AvgIpc) is 2.83. The standard InChI is InChI=1S/C12H19N3O2/c1-2-16-12-8-11(14-9-15-12)13-6-5-10-4-3-7-17-10/h8-10H,2-7H2,1H3,(H,13,14,15). The monoisotopic (exact) mass is 237 g/mol. The summed E-state index contributed by atoms with van der Waals surface area (Å²) in [7, 11) is 0. The molecule has 1 saturated heterocycles. The van der Waals surface area contributed by atoms with Crippen molar-refractivity contribution in [2.75, 3.05) is 25.1 Å². The third-order valence-electron chi connectivity index (χ3n) is 2.73. The van der Waals surface area contributed by atoms with Crippen molar-refractivity contribution in [1.29, 1.82) is 0 Å². The normalized spacial score (nSPS) is 19.2. The van der Waals surface area contributed by atoms with Gasteiger partial charge in [0.25, 0.3) is 0 Å². The van der Waals surface area contributed by atoms with Crippen LogP contribution < -0.4 is 10.1 Å². The number of hydrogen-bond donors (Lipinski definition) is 1. The molecule has 17 heavy (non-hydrogen) atoms. The van der Waals surface area contributed by atoms with Gasteiger partial charge in [0.2, 0.25) is 5.88 Å². The van der Waals surface area contributed by atoms with Crippen LogP contribution in [0.1, 0.15) is 26.2 Å². The summed E-state index contributed by atoms with van der Waals surface area (Å²) in [6.07, 6.45) is 5.31. The summed E-state index contributed by atoms with van der Waals surface area (Å²) in [6, 6.07) is 1.82. The molecule has 0 aromatic carbocycles. The Morgan fingerprint density at radius 2 is 2.47 bits per heavy atom. The molecule has 1 atom stereocenters. The van der Waals surface area contributed by atoms with Crippen LogP contribution in [0.3, 0.4) is 0 Å². The van der Waals surface area contributed by atoms with Gasteiger partial charge >= 0.3 is 0 Å². The molecule has 1 fully saturated rings. The minimum absolute atomic E-state index is 0.413. The number of aromatic nitrogens is 2. The summed E-state index contributed by atoms with van der Waals surface area (Å²) in [5.74, 6) is 1.42. The lowest BCUT2D eigenvalue weighted by molar-refractivity contribution is 0.107. The van der Waals surface area contributed by atoms with Crippen LogP contribution in [0.15, 0.2) is 12.4 Å². The molecular weight excluding hydrogens is 218 g/mol. The largest absolute Gasteiger partial charge is 0.478 e. The number of hydrogen-bond acceptors (Lipinski definition) is 5. The highest BCUT2D eigenvalue weighted by Crippen LogP contribution is 2.16. The Bertz CT molecular complexity index is 340. The zero-order valence-electron chi connectivity index (χ0n) is 10.2. The second-order valence-corrected chi connectivity index (χ2v) is 4.02. The van der Waals surface area contributed by atoms with Gasteiger partial charge in [0.15, 0.2) is 0 Å². The van der Waals surface area contributed by atoms with Gasteiger partial charge in [-0.25, -0.2) is 9.97 Å². The van der Waals surface area contributed by atoms with E-state index in [0.29, 0.717) is 18.6 Å². The first-order valence-electron chi connectivity index (χ1n) is 6.19. The first kappa shape index (κ1) is 12.1. The predicted octanol–water partition coefficient (Wildman–Crippen LogP) is 1.86. The Morgan fingerprint density at radius 1 is 1.53 bits per heavy atom. The first-order valence-corrected chi connectivity index (χ1v) is 6.19. The molecule has 1 aromatic heterocycles. The van der Waals surface area contributed by atoms with Crippen molar-refractivity contribution in [3.8, 4) is 5.88 Å². The molecule has 5 heteroatoms. The second-order valence-electron chi connectivity index (χ2n) is 4.02. The Labute approximate surface area is 102 Å². The first-order chi connectivity index (χ1) is 8.38. The molecule has 0 aliphatic carbocycles. The molecule has 0 amide bonds. The van der Waals surface area contributed by atoms with Gasteiger partial charge in [0.05, 0.1) is 12.7 Å². The molecule has 94 valence electrons. The highest BCUT2D eigenvalue weighted by Gasteiger charge is 2.14. The van der Waals surface area contributed by atoms with E-state index in [1.807, 2.05) is 13.0 Å². The van der Waals surface area contributed by atoms with E-state index < -0.39 is 0 Å². The fourth-order valence-electron chi connectivity index (χ4n) is 1.90. The maximum atomic E-state index is 5.56. The molecular formula is C12H19N3O2. The van der Waals surface area contributed by atoms with Gasteiger partial charge in [-0.3, -0.25) is 0 Å². The quantitative estimate of drug-likeness (QED) is 0.818. The molecule has 2 heterocycles. The molecule has 1 aliphatic rings. The van der Waals surface area contributed by atoms with Gasteiger partial charge < -0.3 is 14.8 Å². The van der Waals surface area contributed by atoms with Gasteiger partial charge in [-0.2, -0.15) is 0 Å². The Hall–Kier alpha value is -1.36. The number of nitrogens with zero attached hydrogens (tertiary/aromatic N) is 2. The predicted molar refractivity (Wildman–Crippen MR) is 65.3 cm³/mol. The van der Waals surface area contributed by atoms with E-state index in [-0.39, 0.29) is 0 Å². The zero-order chi connectivity index (χ0) is 11.9. The van der Waals surface area contributed by atoms with Crippen molar-refractivity contribution in [2.24, 2.45) is 0 Å². The average molecular weight is 237 g/mol. The van der Waals surface area contributed by atoms with Gasteiger partial charge in [0.1, 0.15) is 12.1 Å². The van der Waals surface area contributed by atoms with Crippen LogP contribution in [0, 0.1) is 0 Å². The minimum atomic E-state index is 0.413. The third-order valence-corrected chi connectivity index (χ3v) is 2.73. The van der Waals surface area contributed by atoms with E-state index in [1.54, 1.807) is 0 Å². The molecule has 5 nitrogen and oxygen atoms in total. The Morgan fingerprint density at radius 3 is 3.24 bits per heavy atom. The number of ether oxygens (including phenoxy) is 2. The van der Waals surface area contributed by atoms with Crippen molar-refractivity contribution < 1.29 is 9.47 Å². The Balaban J connectivity index is 1.75. The van der Waals surface area contributed by atoms with E-state index in [1.165, 1.54) is 19.2 Å². The van der Waals surface area contributed by atoms with E-state index in [2.05, 4.69) is 15.3 Å².